The minimum Gasteiger partial charge on any atom is -0.258 e. The molecular formula is C15H16N2O4S. The minimum atomic E-state index is -3.99. The lowest BCUT2D eigenvalue weighted by atomic mass is 10.1. The Hall–Kier alpha value is -2.25. The van der Waals surface area contributed by atoms with E-state index in [-0.39, 0.29) is 4.90 Å². The Morgan fingerprint density at radius 3 is 2.27 bits per heavy atom. The van der Waals surface area contributed by atoms with Gasteiger partial charge in [0.1, 0.15) is 0 Å². The van der Waals surface area contributed by atoms with Crippen LogP contribution in [0.1, 0.15) is 24.1 Å². The normalized spacial score (nSPS) is 12.8. The van der Waals surface area contributed by atoms with Gasteiger partial charge in [-0.05, 0) is 25.5 Å². The molecule has 0 heterocycles. The summed E-state index contributed by atoms with van der Waals surface area (Å²) >= 11 is 0. The molecular weight excluding hydrogens is 304 g/mol. The standard InChI is InChI=1S/C15H16N2O4S/c1-11-7-9-13(10-8-11)12(2)16-22(20,21)15-6-4-3-5-14(15)17(18)19/h3-10,12,16H,1-2H3. The fourth-order valence-corrected chi connectivity index (χ4v) is 3.46. The highest BCUT2D eigenvalue weighted by molar-refractivity contribution is 7.89. The average Bonchev–Trinajstić information content (AvgIpc) is 2.47. The van der Waals surface area contributed by atoms with Gasteiger partial charge >= 0.3 is 0 Å². The number of nitrogens with one attached hydrogen (secondary N) is 1. The van der Waals surface area contributed by atoms with E-state index in [1.165, 1.54) is 24.3 Å². The maximum Gasteiger partial charge on any atom is 0.289 e. The van der Waals surface area contributed by atoms with E-state index in [0.29, 0.717) is 0 Å². The molecule has 2 rings (SSSR count). The van der Waals surface area contributed by atoms with Gasteiger partial charge in [-0.15, -0.1) is 0 Å². The number of nitro benzene ring substituents is 1. The molecule has 0 amide bonds. The summed E-state index contributed by atoms with van der Waals surface area (Å²) < 4.78 is 27.3. The van der Waals surface area contributed by atoms with Crippen LogP contribution in [-0.4, -0.2) is 13.3 Å². The van der Waals surface area contributed by atoms with Crippen LogP contribution in [0.3, 0.4) is 0 Å². The molecule has 2 aromatic rings. The van der Waals surface area contributed by atoms with Gasteiger partial charge in [-0.2, -0.15) is 0 Å². The molecule has 0 bridgehead atoms. The second kappa shape index (κ2) is 6.25. The second-order valence-electron chi connectivity index (χ2n) is 4.98. The van der Waals surface area contributed by atoms with Crippen molar-refractivity contribution in [2.45, 2.75) is 24.8 Å². The number of nitro groups is 1. The summed E-state index contributed by atoms with van der Waals surface area (Å²) in [5.74, 6) is 0. The highest BCUT2D eigenvalue weighted by atomic mass is 32.2. The SMILES string of the molecule is Cc1ccc(C(C)NS(=O)(=O)c2ccccc2[N+](=O)[O-])cc1. The van der Waals surface area contributed by atoms with Gasteiger partial charge in [-0.3, -0.25) is 10.1 Å². The molecule has 0 spiro atoms. The number of hydrogen-bond acceptors (Lipinski definition) is 4. The van der Waals surface area contributed by atoms with Crippen LogP contribution in [0.4, 0.5) is 5.69 Å². The van der Waals surface area contributed by atoms with Crippen molar-refractivity contribution in [2.24, 2.45) is 0 Å². The number of benzene rings is 2. The zero-order valence-electron chi connectivity index (χ0n) is 12.2. The summed E-state index contributed by atoms with van der Waals surface area (Å²) in [5, 5.41) is 11.0. The van der Waals surface area contributed by atoms with Crippen molar-refractivity contribution in [3.05, 3.63) is 69.8 Å². The molecule has 0 aliphatic carbocycles. The van der Waals surface area contributed by atoms with Crippen molar-refractivity contribution in [3.63, 3.8) is 0 Å². The second-order valence-corrected chi connectivity index (χ2v) is 6.66. The van der Waals surface area contributed by atoms with Gasteiger partial charge in [0.2, 0.25) is 10.0 Å². The third kappa shape index (κ3) is 3.49. The largest absolute Gasteiger partial charge is 0.289 e. The van der Waals surface area contributed by atoms with Gasteiger partial charge in [0.05, 0.1) is 4.92 Å². The fourth-order valence-electron chi connectivity index (χ4n) is 2.05. The number of hydrogen-bond donors (Lipinski definition) is 1. The Bertz CT molecular complexity index is 785. The molecule has 0 saturated carbocycles. The van der Waals surface area contributed by atoms with E-state index in [4.69, 9.17) is 0 Å². The van der Waals surface area contributed by atoms with Gasteiger partial charge in [0.25, 0.3) is 5.69 Å². The maximum atomic E-state index is 12.4. The van der Waals surface area contributed by atoms with E-state index >= 15 is 0 Å². The Morgan fingerprint density at radius 1 is 1.09 bits per heavy atom. The Morgan fingerprint density at radius 2 is 1.68 bits per heavy atom. The summed E-state index contributed by atoms with van der Waals surface area (Å²) in [5.41, 5.74) is 1.41. The van der Waals surface area contributed by atoms with Crippen LogP contribution in [0.2, 0.25) is 0 Å². The van der Waals surface area contributed by atoms with Gasteiger partial charge in [0, 0.05) is 12.1 Å². The average molecular weight is 320 g/mol. The Labute approximate surface area is 129 Å². The molecule has 116 valence electrons. The summed E-state index contributed by atoms with van der Waals surface area (Å²) in [6.45, 7) is 3.63. The predicted octanol–water partition coefficient (Wildman–Crippen LogP) is 2.94. The van der Waals surface area contributed by atoms with Crippen LogP contribution in [0.25, 0.3) is 0 Å². The van der Waals surface area contributed by atoms with Crippen LogP contribution in [0.5, 0.6) is 0 Å². The third-order valence-corrected chi connectivity index (χ3v) is 4.85. The van der Waals surface area contributed by atoms with E-state index < -0.39 is 26.7 Å². The zero-order valence-corrected chi connectivity index (χ0v) is 13.0. The molecule has 7 heteroatoms. The van der Waals surface area contributed by atoms with Crippen LogP contribution in [0.15, 0.2) is 53.4 Å². The molecule has 0 saturated heterocycles. The van der Waals surface area contributed by atoms with Gasteiger partial charge < -0.3 is 0 Å². The molecule has 22 heavy (non-hydrogen) atoms. The highest BCUT2D eigenvalue weighted by Crippen LogP contribution is 2.25. The van der Waals surface area contributed by atoms with Gasteiger partial charge in [-0.25, -0.2) is 13.1 Å². The quantitative estimate of drug-likeness (QED) is 0.677. The molecule has 2 aromatic carbocycles. The van der Waals surface area contributed by atoms with Crippen LogP contribution in [-0.2, 0) is 10.0 Å². The van der Waals surface area contributed by atoms with Crippen molar-refractivity contribution in [2.75, 3.05) is 0 Å². The lowest BCUT2D eigenvalue weighted by molar-refractivity contribution is -0.387. The van der Waals surface area contributed by atoms with Crippen LogP contribution >= 0.6 is 0 Å². The number of rotatable bonds is 5. The summed E-state index contributed by atoms with van der Waals surface area (Å²) in [4.78, 5) is 9.94. The van der Waals surface area contributed by atoms with Crippen molar-refractivity contribution in [1.82, 2.24) is 4.72 Å². The molecule has 0 aliphatic heterocycles. The van der Waals surface area contributed by atoms with Crippen molar-refractivity contribution >= 4 is 15.7 Å². The number of para-hydroxylation sites is 1. The van der Waals surface area contributed by atoms with E-state index in [1.54, 1.807) is 6.92 Å². The van der Waals surface area contributed by atoms with E-state index in [0.717, 1.165) is 11.1 Å². The topological polar surface area (TPSA) is 89.3 Å². The fraction of sp³-hybridized carbons (Fsp3) is 0.200. The van der Waals surface area contributed by atoms with Gasteiger partial charge in [-0.1, -0.05) is 42.0 Å². The Kier molecular flexibility index (Phi) is 4.58. The Balaban J connectivity index is 2.32. The van der Waals surface area contributed by atoms with Crippen molar-refractivity contribution in [1.29, 1.82) is 0 Å². The summed E-state index contributed by atoms with van der Waals surface area (Å²) in [7, 11) is -3.99. The van der Waals surface area contributed by atoms with E-state index in [1.807, 2.05) is 31.2 Å². The number of aryl methyl sites for hydroxylation is 1. The number of nitrogens with zero attached hydrogens (tertiary/aromatic N) is 1. The first kappa shape index (κ1) is 16.1. The highest BCUT2D eigenvalue weighted by Gasteiger charge is 2.26. The number of sulfonamides is 1. The monoisotopic (exact) mass is 320 g/mol. The molecule has 1 N–H and O–H groups in total. The molecule has 6 nitrogen and oxygen atoms in total. The van der Waals surface area contributed by atoms with Gasteiger partial charge in [0.15, 0.2) is 4.90 Å². The summed E-state index contributed by atoms with van der Waals surface area (Å²) in [6, 6.07) is 12.2. The first-order valence-corrected chi connectivity index (χ1v) is 8.12. The van der Waals surface area contributed by atoms with E-state index in [9.17, 15) is 18.5 Å². The third-order valence-electron chi connectivity index (χ3n) is 3.26. The lowest BCUT2D eigenvalue weighted by Crippen LogP contribution is -2.27. The maximum absolute atomic E-state index is 12.4. The summed E-state index contributed by atoms with van der Waals surface area (Å²) in [6.07, 6.45) is 0. The first-order chi connectivity index (χ1) is 10.3. The molecule has 0 fully saturated rings. The minimum absolute atomic E-state index is 0.334. The van der Waals surface area contributed by atoms with Crippen molar-refractivity contribution < 1.29 is 13.3 Å². The zero-order chi connectivity index (χ0) is 16.3. The first-order valence-electron chi connectivity index (χ1n) is 6.63. The van der Waals surface area contributed by atoms with Crippen LogP contribution in [0, 0.1) is 17.0 Å². The lowest BCUT2D eigenvalue weighted by Gasteiger charge is -2.15. The smallest absolute Gasteiger partial charge is 0.258 e. The predicted molar refractivity (Wildman–Crippen MR) is 83.0 cm³/mol. The molecule has 0 aromatic heterocycles. The molecule has 0 aliphatic rings. The molecule has 0 radical (unpaired) electrons. The van der Waals surface area contributed by atoms with Crippen LogP contribution < -0.4 is 4.72 Å². The molecule has 1 atom stereocenters. The van der Waals surface area contributed by atoms with Crippen molar-refractivity contribution in [3.8, 4) is 0 Å². The van der Waals surface area contributed by atoms with E-state index in [2.05, 4.69) is 4.72 Å². The molecule has 1 unspecified atom stereocenters.